The van der Waals surface area contributed by atoms with Crippen LogP contribution in [0.4, 0.5) is 11.6 Å². The second kappa shape index (κ2) is 20.8. The molecule has 5 fully saturated rings. The van der Waals surface area contributed by atoms with Gasteiger partial charge in [0.15, 0.2) is 10.0 Å². The second-order valence-corrected chi connectivity index (χ2v) is 24.1. The lowest BCUT2D eigenvalue weighted by molar-refractivity contribution is 0.0408. The number of thiazole rings is 2. The first-order valence-electron chi connectivity index (χ1n) is 25.7. The van der Waals surface area contributed by atoms with Crippen molar-refractivity contribution in [2.75, 3.05) is 17.2 Å². The highest BCUT2D eigenvalue weighted by atomic mass is 32.1. The molecule has 18 heteroatoms. The molecule has 6 N–H and O–H groups in total. The Hall–Kier alpha value is -5.04. The molecule has 2 bridgehead atoms. The van der Waals surface area contributed by atoms with Gasteiger partial charge in [0.05, 0.1) is 33.0 Å². The monoisotopic (exact) mass is 1010 g/mol. The van der Waals surface area contributed by atoms with Crippen LogP contribution >= 0.6 is 22.7 Å². The van der Waals surface area contributed by atoms with Gasteiger partial charge in [0.2, 0.25) is 0 Å². The van der Waals surface area contributed by atoms with E-state index in [9.17, 15) is 29.4 Å². The molecule has 7 heterocycles. The van der Waals surface area contributed by atoms with Gasteiger partial charge in [-0.3, -0.25) is 19.2 Å². The van der Waals surface area contributed by atoms with Crippen LogP contribution in [0.2, 0.25) is 0 Å². The smallest absolute Gasteiger partial charge is 0.280 e. The molecule has 2 saturated carbocycles. The number of aryl methyl sites for hydroxylation is 2. The fraction of sp³-hybridized carbons (Fsp3) is 0.623. The van der Waals surface area contributed by atoms with Crippen molar-refractivity contribution in [3.05, 3.63) is 57.1 Å². The Kier molecular flexibility index (Phi) is 15.3. The number of hydrogen-bond acceptors (Lipinski definition) is 14. The fourth-order valence-electron chi connectivity index (χ4n) is 9.74. The number of carbonyl (C=O) groups excluding carboxylic acids is 4. The summed E-state index contributed by atoms with van der Waals surface area (Å²) in [6.45, 7) is 21.2. The summed E-state index contributed by atoms with van der Waals surface area (Å²) in [5, 5.41) is 33.6. The molecule has 2 aliphatic carbocycles. The van der Waals surface area contributed by atoms with Crippen LogP contribution in [-0.4, -0.2) is 124 Å². The summed E-state index contributed by atoms with van der Waals surface area (Å²) >= 11 is 2.42. The molecule has 71 heavy (non-hydrogen) atoms. The Morgan fingerprint density at radius 1 is 0.648 bits per heavy atom. The lowest BCUT2D eigenvalue weighted by atomic mass is 10.0. The van der Waals surface area contributed by atoms with Gasteiger partial charge in [-0.25, -0.2) is 19.9 Å². The van der Waals surface area contributed by atoms with E-state index in [2.05, 4.69) is 55.1 Å². The van der Waals surface area contributed by atoms with E-state index < -0.39 is 29.2 Å². The summed E-state index contributed by atoms with van der Waals surface area (Å²) in [6, 6.07) is 4.46. The number of anilines is 2. The minimum Gasteiger partial charge on any atom is -0.388 e. The predicted octanol–water partition coefficient (Wildman–Crippen LogP) is 8.62. The van der Waals surface area contributed by atoms with Crippen molar-refractivity contribution < 1.29 is 29.4 Å². The van der Waals surface area contributed by atoms with Gasteiger partial charge in [-0.15, -0.1) is 22.7 Å². The van der Waals surface area contributed by atoms with Crippen molar-refractivity contribution in [2.45, 2.75) is 194 Å². The highest BCUT2D eigenvalue weighted by molar-refractivity contribution is 7.17. The van der Waals surface area contributed by atoms with E-state index in [1.165, 1.54) is 48.4 Å². The first kappa shape index (κ1) is 52.3. The Labute approximate surface area is 426 Å². The number of nitrogens with zero attached hydrogens (tertiary/aromatic N) is 6. The SMILES string of the molecule is Cc1cc(N[C@H](C)C2CC2)ncc1-c1sc(C(=O)N[C@@H](C)C(C)(C)O)nc1C(=O)N1C2CCC1CC2.Cc1cc(N[C@H](C)C2CC2)ncc1-c1sc(C(=O)N[C@H](C)C(C)(C)O)nc1C(=O)N1CCC[C@@H]1C. The zero-order valence-corrected chi connectivity index (χ0v) is 44.9. The van der Waals surface area contributed by atoms with E-state index in [0.29, 0.717) is 51.6 Å². The summed E-state index contributed by atoms with van der Waals surface area (Å²) in [6.07, 6.45) is 14.6. The molecular formula is C53H74N10O6S2. The molecule has 3 saturated heterocycles. The van der Waals surface area contributed by atoms with E-state index in [1.807, 2.05) is 42.7 Å². The Morgan fingerprint density at radius 3 is 1.41 bits per heavy atom. The van der Waals surface area contributed by atoms with Gasteiger partial charge in [0, 0.05) is 60.3 Å². The zero-order chi connectivity index (χ0) is 51.3. The summed E-state index contributed by atoms with van der Waals surface area (Å²) in [5.74, 6) is 2.02. The lowest BCUT2D eigenvalue weighted by Gasteiger charge is -2.26. The molecular weight excluding hydrogens is 937 g/mol. The minimum atomic E-state index is -1.08. The third-order valence-corrected chi connectivity index (χ3v) is 17.7. The van der Waals surface area contributed by atoms with Crippen LogP contribution in [-0.2, 0) is 0 Å². The molecule has 0 radical (unpaired) electrons. The van der Waals surface area contributed by atoms with Gasteiger partial charge in [-0.05, 0) is 175 Å². The number of hydrogen-bond donors (Lipinski definition) is 6. The molecule has 0 aromatic carbocycles. The first-order valence-corrected chi connectivity index (χ1v) is 27.3. The summed E-state index contributed by atoms with van der Waals surface area (Å²) < 4.78 is 0. The quantitative estimate of drug-likeness (QED) is 0.0623. The van der Waals surface area contributed by atoms with E-state index in [4.69, 9.17) is 0 Å². The average molecular weight is 1010 g/mol. The Bertz CT molecular complexity index is 2610. The van der Waals surface area contributed by atoms with E-state index in [1.54, 1.807) is 53.9 Å². The summed E-state index contributed by atoms with van der Waals surface area (Å²) in [7, 11) is 0. The summed E-state index contributed by atoms with van der Waals surface area (Å²) in [4.78, 5) is 77.0. The van der Waals surface area contributed by atoms with Crippen molar-refractivity contribution in [2.24, 2.45) is 11.8 Å². The molecule has 5 aliphatic rings. The molecule has 0 spiro atoms. The van der Waals surface area contributed by atoms with Crippen molar-refractivity contribution in [1.82, 2.24) is 40.4 Å². The van der Waals surface area contributed by atoms with Crippen molar-refractivity contribution in [3.63, 3.8) is 0 Å². The molecule has 5 atom stereocenters. The number of rotatable bonds is 16. The van der Waals surface area contributed by atoms with Gasteiger partial charge in [-0.1, -0.05) is 0 Å². The number of pyridine rings is 2. The molecule has 4 aromatic heterocycles. The first-order chi connectivity index (χ1) is 33.5. The highest BCUT2D eigenvalue weighted by Crippen LogP contribution is 2.42. The van der Waals surface area contributed by atoms with Crippen molar-refractivity contribution in [1.29, 1.82) is 0 Å². The fourth-order valence-corrected chi connectivity index (χ4v) is 11.8. The number of amides is 4. The molecule has 0 unspecified atom stereocenters. The van der Waals surface area contributed by atoms with Gasteiger partial charge in [0.1, 0.15) is 23.0 Å². The van der Waals surface area contributed by atoms with Crippen LogP contribution in [0.5, 0.6) is 0 Å². The van der Waals surface area contributed by atoms with Crippen LogP contribution in [0.25, 0.3) is 20.9 Å². The minimum absolute atomic E-state index is 0.0928. The van der Waals surface area contributed by atoms with Crippen LogP contribution in [0.1, 0.15) is 178 Å². The normalized spacial score (nSPS) is 21.5. The Balaban J connectivity index is 0.000000191. The van der Waals surface area contributed by atoms with Crippen molar-refractivity contribution in [3.8, 4) is 20.9 Å². The molecule has 3 aliphatic heterocycles. The van der Waals surface area contributed by atoms with Gasteiger partial charge < -0.3 is 41.3 Å². The van der Waals surface area contributed by atoms with Crippen LogP contribution in [0.15, 0.2) is 24.5 Å². The zero-order valence-electron chi connectivity index (χ0n) is 43.3. The molecule has 4 amide bonds. The van der Waals surface area contributed by atoms with Gasteiger partial charge in [-0.2, -0.15) is 0 Å². The number of fused-ring (bicyclic) bond motifs is 2. The number of carbonyl (C=O) groups is 4. The van der Waals surface area contributed by atoms with Crippen LogP contribution in [0, 0.1) is 25.7 Å². The predicted molar refractivity (Wildman–Crippen MR) is 280 cm³/mol. The molecule has 4 aromatic rings. The van der Waals surface area contributed by atoms with Crippen LogP contribution < -0.4 is 21.3 Å². The maximum absolute atomic E-state index is 13.8. The standard InChI is InChI=1S/C27H37N5O3S.C26H37N5O3S/c1-14-12-21(29-15(2)17-6-7-17)28-13-20(14)23-22(26(34)32-18-8-9-19(32)11-10-18)31-25(36-23)24(33)30-16(3)27(4,5)35;1-14-12-20(28-16(3)18-9-10-18)27-13-19(14)22-21(25(33)31-11-7-8-15(31)2)30-24(35-22)23(32)29-17(4)26(5,6)34/h12-13,15-19,35H,6-11H2,1-5H3,(H,28,29)(H,30,33);12-13,15-18,34H,7-11H2,1-6H3,(H,27,28)(H,29,32)/t15-,16+,18?,19?;15-,16+,17+/m10/s1. The summed E-state index contributed by atoms with van der Waals surface area (Å²) in [5.41, 5.74) is 2.03. The largest absolute Gasteiger partial charge is 0.388 e. The van der Waals surface area contributed by atoms with Crippen molar-refractivity contribution >= 4 is 57.9 Å². The maximum Gasteiger partial charge on any atom is 0.280 e. The topological polar surface area (TPSA) is 215 Å². The van der Waals surface area contributed by atoms with E-state index >= 15 is 0 Å². The number of nitrogens with one attached hydrogen (secondary N) is 4. The molecule has 384 valence electrons. The lowest BCUT2D eigenvalue weighted by Crippen LogP contribution is -2.47. The average Bonchev–Trinajstić information content (AvgIpc) is 4.08. The number of aliphatic hydroxyl groups is 2. The van der Waals surface area contributed by atoms with E-state index in [-0.39, 0.29) is 45.9 Å². The van der Waals surface area contributed by atoms with Crippen LogP contribution in [0.3, 0.4) is 0 Å². The van der Waals surface area contributed by atoms with Gasteiger partial charge >= 0.3 is 0 Å². The third kappa shape index (κ3) is 11.9. The Morgan fingerprint density at radius 2 is 1.06 bits per heavy atom. The number of aromatic nitrogens is 4. The van der Waals surface area contributed by atoms with Gasteiger partial charge in [0.25, 0.3) is 23.6 Å². The van der Waals surface area contributed by atoms with E-state index in [0.717, 1.165) is 72.4 Å². The maximum atomic E-state index is 13.8. The second-order valence-electron chi connectivity index (χ2n) is 22.1. The highest BCUT2D eigenvalue weighted by Gasteiger charge is 2.44. The number of likely N-dealkylation sites (tertiary alicyclic amines) is 1. The molecule has 16 nitrogen and oxygen atoms in total. The third-order valence-electron chi connectivity index (χ3n) is 15.5. The molecule has 9 rings (SSSR count).